The maximum atomic E-state index is 6.00. The minimum Gasteiger partial charge on any atom is -0.376 e. The van der Waals surface area contributed by atoms with Crippen LogP contribution in [-0.4, -0.2) is 34.4 Å². The quantitative estimate of drug-likeness (QED) is 0.521. The predicted octanol–water partition coefficient (Wildman–Crippen LogP) is 5.18. The summed E-state index contributed by atoms with van der Waals surface area (Å²) in [5, 5.41) is 4.26. The van der Waals surface area contributed by atoms with Crippen molar-refractivity contribution in [2.45, 2.75) is 44.8 Å². The maximum absolute atomic E-state index is 6.00. The molecular formula is C26H31N3O. The zero-order chi connectivity index (χ0) is 20.2. The van der Waals surface area contributed by atoms with E-state index >= 15 is 0 Å². The van der Waals surface area contributed by atoms with Crippen molar-refractivity contribution in [3.63, 3.8) is 0 Å². The highest BCUT2D eigenvalue weighted by atomic mass is 16.5. The molecule has 1 aromatic heterocycles. The number of aromatic nitrogens is 2. The molecule has 3 aromatic rings. The van der Waals surface area contributed by atoms with Gasteiger partial charge >= 0.3 is 0 Å². The summed E-state index contributed by atoms with van der Waals surface area (Å²) in [6.45, 7) is 5.20. The topological polar surface area (TPSA) is 30.3 Å². The minimum absolute atomic E-state index is 0.686. The van der Waals surface area contributed by atoms with Gasteiger partial charge < -0.3 is 4.74 Å². The van der Waals surface area contributed by atoms with Gasteiger partial charge in [0.2, 0.25) is 0 Å². The lowest BCUT2D eigenvalue weighted by Crippen LogP contribution is -2.26. The first-order valence-electron chi connectivity index (χ1n) is 11.3. The van der Waals surface area contributed by atoms with E-state index < -0.39 is 0 Å². The van der Waals surface area contributed by atoms with Gasteiger partial charge in [-0.2, -0.15) is 5.10 Å². The normalized spacial score (nSPS) is 21.6. The maximum Gasteiger partial charge on any atom is 0.0717 e. The van der Waals surface area contributed by atoms with Crippen molar-refractivity contribution in [3.8, 4) is 5.69 Å². The Morgan fingerprint density at radius 2 is 1.63 bits per heavy atom. The van der Waals surface area contributed by atoms with E-state index in [-0.39, 0.29) is 0 Å². The molecule has 0 unspecified atom stereocenters. The Balaban J connectivity index is 1.03. The number of ether oxygens (including phenoxy) is 1. The van der Waals surface area contributed by atoms with Gasteiger partial charge in [-0.3, -0.25) is 4.90 Å². The van der Waals surface area contributed by atoms with Crippen LogP contribution in [0.3, 0.4) is 0 Å². The Kier molecular flexibility index (Phi) is 5.96. The third-order valence-corrected chi connectivity index (χ3v) is 6.62. The molecule has 2 aliphatic rings. The highest BCUT2D eigenvalue weighted by molar-refractivity contribution is 5.33. The molecule has 2 fully saturated rings. The molecule has 0 N–H and O–H groups in total. The number of rotatable bonds is 8. The van der Waals surface area contributed by atoms with Gasteiger partial charge in [-0.1, -0.05) is 36.4 Å². The molecule has 0 amide bonds. The second kappa shape index (κ2) is 9.15. The van der Waals surface area contributed by atoms with Gasteiger partial charge in [-0.25, -0.2) is 4.68 Å². The average molecular weight is 402 g/mol. The molecular weight excluding hydrogens is 370 g/mol. The van der Waals surface area contributed by atoms with Crippen LogP contribution in [0.15, 0.2) is 67.0 Å². The summed E-state index contributed by atoms with van der Waals surface area (Å²) in [5.41, 5.74) is 5.26. The van der Waals surface area contributed by atoms with Crippen LogP contribution < -0.4 is 0 Å². The van der Waals surface area contributed by atoms with Gasteiger partial charge in [0.1, 0.15) is 0 Å². The van der Waals surface area contributed by atoms with E-state index in [0.29, 0.717) is 18.4 Å². The molecule has 1 aliphatic carbocycles. The average Bonchev–Trinajstić information content (AvgIpc) is 3.45. The highest BCUT2D eigenvalue weighted by Crippen LogP contribution is 2.41. The first-order chi connectivity index (χ1) is 14.8. The van der Waals surface area contributed by atoms with Crippen molar-refractivity contribution >= 4 is 0 Å². The lowest BCUT2D eigenvalue weighted by molar-refractivity contribution is 0.0508. The van der Waals surface area contributed by atoms with Gasteiger partial charge in [-0.05, 0) is 85.5 Å². The van der Waals surface area contributed by atoms with Crippen LogP contribution in [0.25, 0.3) is 5.69 Å². The number of benzene rings is 2. The van der Waals surface area contributed by atoms with Gasteiger partial charge in [0, 0.05) is 25.5 Å². The molecule has 1 saturated heterocycles. The molecule has 1 aliphatic heterocycles. The molecule has 5 rings (SSSR count). The molecule has 2 aromatic carbocycles. The summed E-state index contributed by atoms with van der Waals surface area (Å²) in [5.74, 6) is 1.41. The van der Waals surface area contributed by atoms with Gasteiger partial charge in [-0.15, -0.1) is 0 Å². The van der Waals surface area contributed by atoms with E-state index in [2.05, 4.69) is 58.5 Å². The van der Waals surface area contributed by atoms with Crippen LogP contribution in [0.5, 0.6) is 0 Å². The summed E-state index contributed by atoms with van der Waals surface area (Å²) < 4.78 is 7.88. The Bertz CT molecular complexity index is 906. The van der Waals surface area contributed by atoms with E-state index in [1.54, 1.807) is 6.20 Å². The summed E-state index contributed by atoms with van der Waals surface area (Å²) in [6.07, 6.45) is 8.99. The number of nitrogens with zero attached hydrogens (tertiary/aromatic N) is 3. The van der Waals surface area contributed by atoms with Gasteiger partial charge in [0.25, 0.3) is 0 Å². The van der Waals surface area contributed by atoms with E-state index in [9.17, 15) is 0 Å². The van der Waals surface area contributed by atoms with E-state index in [1.165, 1.54) is 55.5 Å². The smallest absolute Gasteiger partial charge is 0.0717 e. The second-order valence-electron chi connectivity index (χ2n) is 8.89. The number of hydrogen-bond acceptors (Lipinski definition) is 3. The molecule has 0 spiro atoms. The van der Waals surface area contributed by atoms with Gasteiger partial charge in [0.05, 0.1) is 12.3 Å². The largest absolute Gasteiger partial charge is 0.376 e. The van der Waals surface area contributed by atoms with Crippen LogP contribution in [0.1, 0.15) is 48.3 Å². The third-order valence-electron chi connectivity index (χ3n) is 6.62. The van der Waals surface area contributed by atoms with E-state index in [0.717, 1.165) is 18.8 Å². The Morgan fingerprint density at radius 3 is 2.33 bits per heavy atom. The van der Waals surface area contributed by atoms with Crippen molar-refractivity contribution in [1.29, 1.82) is 0 Å². The fourth-order valence-electron chi connectivity index (χ4n) is 4.75. The van der Waals surface area contributed by atoms with Crippen LogP contribution in [-0.2, 0) is 17.9 Å². The van der Waals surface area contributed by atoms with Crippen molar-refractivity contribution in [2.75, 3.05) is 19.7 Å². The third kappa shape index (κ3) is 4.66. The lowest BCUT2D eigenvalue weighted by atomic mass is 9.72. The predicted molar refractivity (Wildman–Crippen MR) is 120 cm³/mol. The Hall–Kier alpha value is -2.43. The second-order valence-corrected chi connectivity index (χ2v) is 8.89. The van der Waals surface area contributed by atoms with E-state index in [1.807, 2.05) is 16.9 Å². The lowest BCUT2D eigenvalue weighted by Gasteiger charge is -2.35. The molecule has 0 atom stereocenters. The Morgan fingerprint density at radius 1 is 0.900 bits per heavy atom. The molecule has 30 heavy (non-hydrogen) atoms. The minimum atomic E-state index is 0.686. The SMILES string of the molecule is c1cnn(-c2ccc(COCC3CC(c4ccc(CN5CCCC5)cc4)C3)cc2)c1. The fourth-order valence-corrected chi connectivity index (χ4v) is 4.75. The standard InChI is InChI=1S/C26H31N3O/c1-2-14-28(13-1)18-21-4-8-24(9-5-21)25-16-23(17-25)20-30-19-22-6-10-26(11-7-22)29-15-3-12-27-29/h3-12,15,23,25H,1-2,13-14,16-20H2. The van der Waals surface area contributed by atoms with Crippen LogP contribution in [0, 0.1) is 5.92 Å². The molecule has 2 heterocycles. The zero-order valence-corrected chi connectivity index (χ0v) is 17.6. The van der Waals surface area contributed by atoms with Crippen LogP contribution in [0.4, 0.5) is 0 Å². The first kappa shape index (κ1) is 19.5. The molecule has 4 heteroatoms. The van der Waals surface area contributed by atoms with Crippen molar-refractivity contribution < 1.29 is 4.74 Å². The molecule has 0 bridgehead atoms. The Labute approximate surface area is 179 Å². The molecule has 156 valence electrons. The highest BCUT2D eigenvalue weighted by Gasteiger charge is 2.30. The molecule has 4 nitrogen and oxygen atoms in total. The monoisotopic (exact) mass is 401 g/mol. The number of hydrogen-bond donors (Lipinski definition) is 0. The van der Waals surface area contributed by atoms with Gasteiger partial charge in [0.15, 0.2) is 0 Å². The van der Waals surface area contributed by atoms with E-state index in [4.69, 9.17) is 4.74 Å². The fraction of sp³-hybridized carbons (Fsp3) is 0.423. The van der Waals surface area contributed by atoms with Crippen molar-refractivity contribution in [1.82, 2.24) is 14.7 Å². The van der Waals surface area contributed by atoms with Crippen LogP contribution in [0.2, 0.25) is 0 Å². The number of likely N-dealkylation sites (tertiary alicyclic amines) is 1. The van der Waals surface area contributed by atoms with Crippen LogP contribution >= 0.6 is 0 Å². The summed E-state index contributed by atoms with van der Waals surface area (Å²) >= 11 is 0. The van der Waals surface area contributed by atoms with Crippen molar-refractivity contribution in [2.24, 2.45) is 5.92 Å². The zero-order valence-electron chi connectivity index (χ0n) is 17.6. The first-order valence-corrected chi connectivity index (χ1v) is 11.3. The summed E-state index contributed by atoms with van der Waals surface area (Å²) in [6, 6.07) is 19.8. The molecule has 0 radical (unpaired) electrons. The summed E-state index contributed by atoms with van der Waals surface area (Å²) in [7, 11) is 0. The summed E-state index contributed by atoms with van der Waals surface area (Å²) in [4.78, 5) is 2.57. The van der Waals surface area contributed by atoms with Crippen molar-refractivity contribution in [3.05, 3.63) is 83.7 Å². The molecule has 1 saturated carbocycles.